The molecule has 2 N–H and O–H groups in total. The topological polar surface area (TPSA) is 93.7 Å². The van der Waals surface area contributed by atoms with Gasteiger partial charge < -0.3 is 20.1 Å². The zero-order valence-corrected chi connectivity index (χ0v) is 18.1. The summed E-state index contributed by atoms with van der Waals surface area (Å²) in [5.41, 5.74) is 3.11. The van der Waals surface area contributed by atoms with E-state index < -0.39 is 18.5 Å². The van der Waals surface area contributed by atoms with E-state index in [1.807, 2.05) is 19.9 Å². The van der Waals surface area contributed by atoms with Crippen LogP contribution >= 0.6 is 15.9 Å². The molecule has 2 rings (SSSR count). The first-order chi connectivity index (χ1) is 13.8. The third kappa shape index (κ3) is 6.60. The SMILES string of the molecule is COc1ccccc1NC(=O)CCC(=O)OCC(=O)Nc1ccc(Br)c(C)c1C. The molecule has 7 nitrogen and oxygen atoms in total. The Morgan fingerprint density at radius 1 is 0.897 bits per heavy atom. The normalized spacial score (nSPS) is 10.2. The summed E-state index contributed by atoms with van der Waals surface area (Å²) in [6, 6.07) is 10.6. The molecule has 8 heteroatoms. The predicted molar refractivity (Wildman–Crippen MR) is 114 cm³/mol. The molecule has 0 spiro atoms. The third-order valence-corrected chi connectivity index (χ3v) is 5.16. The Hall–Kier alpha value is -2.87. The van der Waals surface area contributed by atoms with E-state index in [0.717, 1.165) is 15.6 Å². The second-order valence-corrected chi connectivity index (χ2v) is 7.16. The first kappa shape index (κ1) is 22.4. The average Bonchev–Trinajstić information content (AvgIpc) is 2.71. The minimum atomic E-state index is -0.626. The lowest BCUT2D eigenvalue weighted by Gasteiger charge is -2.12. The van der Waals surface area contributed by atoms with Crippen molar-refractivity contribution in [3.8, 4) is 5.75 Å². The van der Waals surface area contributed by atoms with E-state index in [-0.39, 0.29) is 18.7 Å². The number of anilines is 2. The fourth-order valence-corrected chi connectivity index (χ4v) is 2.93. The summed E-state index contributed by atoms with van der Waals surface area (Å²) < 4.78 is 11.1. The highest BCUT2D eigenvalue weighted by Gasteiger charge is 2.13. The van der Waals surface area contributed by atoms with Crippen molar-refractivity contribution in [3.63, 3.8) is 0 Å². The number of esters is 1. The molecule has 0 unspecified atom stereocenters. The van der Waals surface area contributed by atoms with Gasteiger partial charge in [0, 0.05) is 16.6 Å². The van der Waals surface area contributed by atoms with Crippen LogP contribution in [0.25, 0.3) is 0 Å². The maximum atomic E-state index is 12.0. The summed E-state index contributed by atoms with van der Waals surface area (Å²) in [4.78, 5) is 35.9. The highest BCUT2D eigenvalue weighted by Crippen LogP contribution is 2.26. The molecule has 2 amide bonds. The van der Waals surface area contributed by atoms with Crippen molar-refractivity contribution in [2.75, 3.05) is 24.4 Å². The number of amides is 2. The van der Waals surface area contributed by atoms with Crippen LogP contribution in [-0.2, 0) is 19.1 Å². The summed E-state index contributed by atoms with van der Waals surface area (Å²) in [6.45, 7) is 3.41. The second kappa shape index (κ2) is 10.6. The van der Waals surface area contributed by atoms with Crippen molar-refractivity contribution < 1.29 is 23.9 Å². The molecule has 0 aliphatic carbocycles. The fraction of sp³-hybridized carbons (Fsp3) is 0.286. The molecule has 2 aromatic rings. The van der Waals surface area contributed by atoms with Gasteiger partial charge in [-0.1, -0.05) is 28.1 Å². The number of carbonyl (C=O) groups is 3. The van der Waals surface area contributed by atoms with Gasteiger partial charge in [-0.15, -0.1) is 0 Å². The maximum Gasteiger partial charge on any atom is 0.306 e. The van der Waals surface area contributed by atoms with Crippen LogP contribution in [0.5, 0.6) is 5.75 Å². The molecular formula is C21H23BrN2O5. The van der Waals surface area contributed by atoms with Crippen LogP contribution < -0.4 is 15.4 Å². The van der Waals surface area contributed by atoms with Crippen molar-refractivity contribution in [2.24, 2.45) is 0 Å². The van der Waals surface area contributed by atoms with Crippen LogP contribution in [-0.4, -0.2) is 31.5 Å². The Morgan fingerprint density at radius 2 is 1.59 bits per heavy atom. The molecule has 0 aliphatic rings. The van der Waals surface area contributed by atoms with Gasteiger partial charge in [-0.3, -0.25) is 14.4 Å². The highest BCUT2D eigenvalue weighted by molar-refractivity contribution is 9.10. The zero-order valence-electron chi connectivity index (χ0n) is 16.5. The number of carbonyl (C=O) groups excluding carboxylic acids is 3. The molecule has 0 aliphatic heterocycles. The Kier molecular flexibility index (Phi) is 8.21. The Bertz CT molecular complexity index is 914. The van der Waals surface area contributed by atoms with Gasteiger partial charge in [0.15, 0.2) is 6.61 Å². The van der Waals surface area contributed by atoms with Crippen LogP contribution in [0.4, 0.5) is 11.4 Å². The van der Waals surface area contributed by atoms with Crippen LogP contribution in [0.1, 0.15) is 24.0 Å². The predicted octanol–water partition coefficient (Wildman–Crippen LogP) is 3.98. The minimum absolute atomic E-state index is 0.0660. The quantitative estimate of drug-likeness (QED) is 0.578. The van der Waals surface area contributed by atoms with Gasteiger partial charge >= 0.3 is 5.97 Å². The van der Waals surface area contributed by atoms with Crippen LogP contribution in [0.2, 0.25) is 0 Å². The second-order valence-electron chi connectivity index (χ2n) is 6.30. The summed E-state index contributed by atoms with van der Waals surface area (Å²) >= 11 is 3.43. The van der Waals surface area contributed by atoms with E-state index in [0.29, 0.717) is 17.1 Å². The van der Waals surface area contributed by atoms with Gasteiger partial charge in [0.25, 0.3) is 5.91 Å². The number of hydrogen-bond acceptors (Lipinski definition) is 5. The molecule has 0 radical (unpaired) electrons. The lowest BCUT2D eigenvalue weighted by molar-refractivity contribution is -0.147. The first-order valence-electron chi connectivity index (χ1n) is 8.96. The van der Waals surface area contributed by atoms with E-state index in [1.54, 1.807) is 30.3 Å². The van der Waals surface area contributed by atoms with E-state index in [9.17, 15) is 14.4 Å². The fourth-order valence-electron chi connectivity index (χ4n) is 2.50. The molecule has 29 heavy (non-hydrogen) atoms. The van der Waals surface area contributed by atoms with Crippen molar-refractivity contribution in [1.29, 1.82) is 0 Å². The van der Waals surface area contributed by atoms with Crippen molar-refractivity contribution >= 4 is 45.1 Å². The molecular weight excluding hydrogens is 440 g/mol. The third-order valence-electron chi connectivity index (χ3n) is 4.30. The standard InChI is InChI=1S/C21H23BrN2O5/c1-13-14(2)16(9-8-15(13)22)23-20(26)12-29-21(27)11-10-19(25)24-17-6-4-5-7-18(17)28-3/h4-9H,10-12H2,1-3H3,(H,23,26)(H,24,25). The summed E-state index contributed by atoms with van der Waals surface area (Å²) in [5.74, 6) is -0.892. The molecule has 0 saturated heterocycles. The Balaban J connectivity index is 1.76. The number of benzene rings is 2. The average molecular weight is 463 g/mol. The van der Waals surface area contributed by atoms with Gasteiger partial charge in [-0.25, -0.2) is 0 Å². The van der Waals surface area contributed by atoms with Gasteiger partial charge in [-0.2, -0.15) is 0 Å². The van der Waals surface area contributed by atoms with Gasteiger partial charge in [0.05, 0.1) is 19.2 Å². The van der Waals surface area contributed by atoms with Crippen LogP contribution in [0, 0.1) is 13.8 Å². The molecule has 154 valence electrons. The number of rotatable bonds is 8. The number of methoxy groups -OCH3 is 1. The van der Waals surface area contributed by atoms with Crippen molar-refractivity contribution in [2.45, 2.75) is 26.7 Å². The molecule has 2 aromatic carbocycles. The Labute approximate surface area is 177 Å². The lowest BCUT2D eigenvalue weighted by Crippen LogP contribution is -2.22. The number of halogens is 1. The molecule has 0 saturated carbocycles. The van der Waals surface area contributed by atoms with Crippen LogP contribution in [0.3, 0.4) is 0 Å². The number of nitrogens with one attached hydrogen (secondary N) is 2. The highest BCUT2D eigenvalue weighted by atomic mass is 79.9. The lowest BCUT2D eigenvalue weighted by atomic mass is 10.1. The van der Waals surface area contributed by atoms with Gasteiger partial charge in [0.2, 0.25) is 5.91 Å². The monoisotopic (exact) mass is 462 g/mol. The van der Waals surface area contributed by atoms with E-state index in [2.05, 4.69) is 26.6 Å². The van der Waals surface area contributed by atoms with E-state index in [1.165, 1.54) is 7.11 Å². The van der Waals surface area contributed by atoms with E-state index in [4.69, 9.17) is 9.47 Å². The molecule has 0 atom stereocenters. The van der Waals surface area contributed by atoms with Crippen LogP contribution in [0.15, 0.2) is 40.9 Å². The number of para-hydroxylation sites is 2. The smallest absolute Gasteiger partial charge is 0.306 e. The molecule has 0 heterocycles. The minimum Gasteiger partial charge on any atom is -0.495 e. The first-order valence-corrected chi connectivity index (χ1v) is 9.75. The summed E-state index contributed by atoms with van der Waals surface area (Å²) in [7, 11) is 1.50. The zero-order chi connectivity index (χ0) is 21.4. The number of ether oxygens (including phenoxy) is 2. The molecule has 0 aromatic heterocycles. The largest absolute Gasteiger partial charge is 0.495 e. The summed E-state index contributed by atoms with van der Waals surface area (Å²) in [6.07, 6.45) is -0.200. The Morgan fingerprint density at radius 3 is 2.31 bits per heavy atom. The number of hydrogen-bond donors (Lipinski definition) is 2. The maximum absolute atomic E-state index is 12.0. The molecule has 0 bridgehead atoms. The van der Waals surface area contributed by atoms with E-state index >= 15 is 0 Å². The van der Waals surface area contributed by atoms with Crippen molar-refractivity contribution in [3.05, 3.63) is 52.0 Å². The van der Waals surface area contributed by atoms with Gasteiger partial charge in [-0.05, 0) is 49.2 Å². The van der Waals surface area contributed by atoms with Gasteiger partial charge in [0.1, 0.15) is 5.75 Å². The summed E-state index contributed by atoms with van der Waals surface area (Å²) in [5, 5.41) is 5.39. The molecule has 0 fully saturated rings. The van der Waals surface area contributed by atoms with Crippen molar-refractivity contribution in [1.82, 2.24) is 0 Å².